The van der Waals surface area contributed by atoms with E-state index in [9.17, 15) is 0 Å². The van der Waals surface area contributed by atoms with Crippen molar-refractivity contribution in [2.45, 2.75) is 0 Å². The van der Waals surface area contributed by atoms with Gasteiger partial charge >= 0.3 is 59.1 Å². The van der Waals surface area contributed by atoms with Crippen LogP contribution in [0.4, 0.5) is 0 Å². The Bertz CT molecular complexity index is 280. The van der Waals surface area contributed by atoms with E-state index in [0.29, 0.717) is 0 Å². The fourth-order valence-electron chi connectivity index (χ4n) is 1.03. The van der Waals surface area contributed by atoms with Crippen LogP contribution in [0.25, 0.3) is 10.7 Å². The first kappa shape index (κ1) is 5.60. The summed E-state index contributed by atoms with van der Waals surface area (Å²) >= 11 is 0. The van der Waals surface area contributed by atoms with Gasteiger partial charge in [0.25, 0.3) is 0 Å². The number of nitrogens with zero attached hydrogens (tertiary/aromatic N) is 1. The first-order valence-corrected chi connectivity index (χ1v) is 3.25. The minimum atomic E-state index is 1.20. The van der Waals surface area contributed by atoms with Crippen LogP contribution < -0.4 is 0 Å². The standard InChI is InChI=1S/C8H6BN/c1-2-4-8-7(3-1)5-6-10-9-8/h1-6H. The number of hydrogen-bond donors (Lipinski definition) is 0. The third-order valence-corrected chi connectivity index (χ3v) is 1.55. The summed E-state index contributed by atoms with van der Waals surface area (Å²) in [6.07, 6.45) is 1.81. The average Bonchev–Trinajstić information content (AvgIpc) is 2.05. The van der Waals surface area contributed by atoms with Crippen molar-refractivity contribution in [3.63, 3.8) is 0 Å². The number of fused-ring (bicyclic) bond motifs is 1. The van der Waals surface area contributed by atoms with Gasteiger partial charge in [-0.2, -0.15) is 0 Å². The van der Waals surface area contributed by atoms with E-state index in [0.717, 1.165) is 0 Å². The topological polar surface area (TPSA) is 12.9 Å². The van der Waals surface area contributed by atoms with Crippen LogP contribution in [0.2, 0.25) is 0 Å². The third-order valence-electron chi connectivity index (χ3n) is 1.55. The first-order valence-electron chi connectivity index (χ1n) is 3.25. The summed E-state index contributed by atoms with van der Waals surface area (Å²) in [5.41, 5.74) is 0. The molecule has 1 heterocycles. The van der Waals surface area contributed by atoms with Gasteiger partial charge in [0.15, 0.2) is 0 Å². The molecule has 0 aliphatic heterocycles. The van der Waals surface area contributed by atoms with E-state index in [-0.39, 0.29) is 0 Å². The van der Waals surface area contributed by atoms with Crippen LogP contribution >= 0.6 is 0 Å². The quantitative estimate of drug-likeness (QED) is 0.523. The summed E-state index contributed by atoms with van der Waals surface area (Å²) in [4.78, 5) is 4.01. The van der Waals surface area contributed by atoms with Gasteiger partial charge in [0.1, 0.15) is 0 Å². The van der Waals surface area contributed by atoms with Gasteiger partial charge in [-0.25, -0.2) is 0 Å². The van der Waals surface area contributed by atoms with Crippen molar-refractivity contribution in [2.75, 3.05) is 0 Å². The van der Waals surface area contributed by atoms with Gasteiger partial charge in [-0.05, 0) is 0 Å². The molecule has 46 valence electrons. The zero-order chi connectivity index (χ0) is 6.81. The van der Waals surface area contributed by atoms with E-state index in [2.05, 4.69) is 17.0 Å². The Kier molecular flexibility index (Phi) is 1.24. The molecule has 0 bridgehead atoms. The minimum absolute atomic E-state index is 1.20. The Morgan fingerprint density at radius 2 is 2.00 bits per heavy atom. The summed E-state index contributed by atoms with van der Waals surface area (Å²) in [5, 5.41) is 2.45. The Morgan fingerprint density at radius 3 is 2.90 bits per heavy atom. The van der Waals surface area contributed by atoms with Crippen LogP contribution in [0, 0.1) is 0 Å². The van der Waals surface area contributed by atoms with Crippen LogP contribution in [0.1, 0.15) is 0 Å². The molecule has 0 amide bonds. The fraction of sp³-hybridized carbons (Fsp3) is 0. The Labute approximate surface area is 60.0 Å². The maximum atomic E-state index is 4.01. The average molecular weight is 127 g/mol. The third kappa shape index (κ3) is 0.818. The molecule has 1 aromatic heterocycles. The summed E-state index contributed by atoms with van der Waals surface area (Å²) < 4.78 is 0. The molecule has 0 N–H and O–H groups in total. The van der Waals surface area contributed by atoms with Crippen molar-refractivity contribution < 1.29 is 0 Å². The van der Waals surface area contributed by atoms with E-state index in [1.54, 1.807) is 0 Å². The van der Waals surface area contributed by atoms with E-state index in [1.807, 2.05) is 31.4 Å². The van der Waals surface area contributed by atoms with E-state index < -0.39 is 0 Å². The molecule has 10 heavy (non-hydrogen) atoms. The molecule has 1 nitrogen and oxygen atoms in total. The molecule has 1 aromatic carbocycles. The second-order valence-electron chi connectivity index (χ2n) is 2.22. The summed E-state index contributed by atoms with van der Waals surface area (Å²) in [7, 11) is 1.87. The van der Waals surface area contributed by atoms with Gasteiger partial charge in [0, 0.05) is 0 Å². The van der Waals surface area contributed by atoms with Crippen molar-refractivity contribution >= 4 is 17.7 Å². The number of hydrogen-bond acceptors (Lipinski definition) is 1. The SMILES string of the molecule is b1nccc2ccccc12. The fourth-order valence-corrected chi connectivity index (χ4v) is 1.03. The second-order valence-corrected chi connectivity index (χ2v) is 2.22. The maximum absolute atomic E-state index is 4.01. The predicted molar refractivity (Wildman–Crippen MR) is 43.1 cm³/mol. The van der Waals surface area contributed by atoms with Gasteiger partial charge < -0.3 is 0 Å². The normalized spacial score (nSPS) is 9.60. The van der Waals surface area contributed by atoms with E-state index >= 15 is 0 Å². The molecule has 0 radical (unpaired) electrons. The monoisotopic (exact) mass is 127 g/mol. The summed E-state index contributed by atoms with van der Waals surface area (Å²) in [5.74, 6) is 0. The summed E-state index contributed by atoms with van der Waals surface area (Å²) in [6, 6.07) is 10.2. The van der Waals surface area contributed by atoms with Crippen molar-refractivity contribution in [3.8, 4) is 0 Å². The molecule has 0 fully saturated rings. The zero-order valence-corrected chi connectivity index (χ0v) is 5.49. The molecule has 0 saturated carbocycles. The van der Waals surface area contributed by atoms with Crippen molar-refractivity contribution in [3.05, 3.63) is 36.5 Å². The van der Waals surface area contributed by atoms with Crippen LogP contribution in [0.5, 0.6) is 0 Å². The van der Waals surface area contributed by atoms with Gasteiger partial charge in [0.05, 0.1) is 0 Å². The van der Waals surface area contributed by atoms with E-state index in [4.69, 9.17) is 0 Å². The van der Waals surface area contributed by atoms with Crippen molar-refractivity contribution in [2.24, 2.45) is 0 Å². The Balaban J connectivity index is 2.89. The van der Waals surface area contributed by atoms with Gasteiger partial charge in [-0.1, -0.05) is 0 Å². The molecular weight excluding hydrogens is 121 g/mol. The van der Waals surface area contributed by atoms with Crippen LogP contribution in [0.15, 0.2) is 36.5 Å². The van der Waals surface area contributed by atoms with Gasteiger partial charge in [0.2, 0.25) is 0 Å². The second kappa shape index (κ2) is 2.22. The molecule has 2 rings (SSSR count). The molecule has 0 aliphatic carbocycles. The van der Waals surface area contributed by atoms with Crippen molar-refractivity contribution in [1.82, 2.24) is 4.89 Å². The van der Waals surface area contributed by atoms with Crippen LogP contribution in [-0.2, 0) is 0 Å². The molecular formula is C8H6BN. The summed E-state index contributed by atoms with van der Waals surface area (Å²) in [6.45, 7) is 0. The molecule has 0 aliphatic rings. The number of benzene rings is 1. The molecule has 0 atom stereocenters. The van der Waals surface area contributed by atoms with Gasteiger partial charge in [-0.15, -0.1) is 0 Å². The molecule has 0 spiro atoms. The van der Waals surface area contributed by atoms with Crippen molar-refractivity contribution in [1.29, 1.82) is 0 Å². The number of aromatic nitrogens is 1. The molecule has 0 saturated heterocycles. The van der Waals surface area contributed by atoms with Gasteiger partial charge in [-0.3, -0.25) is 0 Å². The zero-order valence-electron chi connectivity index (χ0n) is 5.49. The molecule has 2 aromatic rings. The molecule has 2 heteroatoms. The predicted octanol–water partition coefficient (Wildman–Crippen LogP) is 1.57. The Morgan fingerprint density at radius 1 is 1.10 bits per heavy atom. The number of rotatable bonds is 0. The van der Waals surface area contributed by atoms with Crippen LogP contribution in [-0.4, -0.2) is 11.9 Å². The molecule has 0 unspecified atom stereocenters. The van der Waals surface area contributed by atoms with Crippen LogP contribution in [0.3, 0.4) is 0 Å². The Hall–Kier alpha value is -1.18. The van der Waals surface area contributed by atoms with E-state index in [1.165, 1.54) is 10.7 Å². The first-order chi connectivity index (χ1) is 4.97.